The highest BCUT2D eigenvalue weighted by Gasteiger charge is 2.08. The van der Waals surface area contributed by atoms with E-state index >= 15 is 0 Å². The topological polar surface area (TPSA) is 37.0 Å². The molecule has 0 aliphatic carbocycles. The summed E-state index contributed by atoms with van der Waals surface area (Å²) in [5, 5.41) is 6.84. The predicted octanol–water partition coefficient (Wildman–Crippen LogP) is 2.23. The van der Waals surface area contributed by atoms with Gasteiger partial charge in [0, 0.05) is 24.3 Å². The van der Waals surface area contributed by atoms with Gasteiger partial charge in [0.25, 0.3) is 0 Å². The first-order valence-electron chi connectivity index (χ1n) is 7.36. The van der Waals surface area contributed by atoms with Crippen molar-refractivity contribution < 1.29 is 0 Å². The summed E-state index contributed by atoms with van der Waals surface area (Å²) < 4.78 is 0. The van der Waals surface area contributed by atoms with E-state index in [-0.39, 0.29) is 0 Å². The first kappa shape index (κ1) is 15.9. The summed E-state index contributed by atoms with van der Waals surface area (Å²) in [5.41, 5.74) is 1.13. The number of rotatable bonds is 10. The second kappa shape index (κ2) is 9.77. The Labute approximate surface area is 118 Å². The summed E-state index contributed by atoms with van der Waals surface area (Å²) in [7, 11) is 2.03. The van der Waals surface area contributed by atoms with E-state index < -0.39 is 0 Å². The standard InChI is InChI=1S/C16H27N3/c1-4-15(12-17-3)8-7-14(2)19-11-9-16-6-5-10-18-13-16/h10,13-15,17,19H,4,7-9,11-12H2,1-3H3. The van der Waals surface area contributed by atoms with Crippen molar-refractivity contribution in [2.75, 3.05) is 20.1 Å². The molecule has 0 aliphatic rings. The van der Waals surface area contributed by atoms with E-state index in [1.165, 1.54) is 19.3 Å². The Kier molecular flexibility index (Phi) is 8.20. The third-order valence-corrected chi connectivity index (χ3v) is 3.57. The van der Waals surface area contributed by atoms with Crippen LogP contribution in [0.25, 0.3) is 0 Å². The Morgan fingerprint density at radius 2 is 2.21 bits per heavy atom. The second-order valence-corrected chi connectivity index (χ2v) is 5.22. The predicted molar refractivity (Wildman–Crippen MR) is 80.0 cm³/mol. The molecule has 2 N–H and O–H groups in total. The van der Waals surface area contributed by atoms with Gasteiger partial charge in [-0.15, -0.1) is 0 Å². The molecule has 1 aromatic rings. The Morgan fingerprint density at radius 1 is 1.37 bits per heavy atom. The summed E-state index contributed by atoms with van der Waals surface area (Å²) >= 11 is 0. The van der Waals surface area contributed by atoms with E-state index in [4.69, 9.17) is 0 Å². The quantitative estimate of drug-likeness (QED) is 0.678. The molecule has 0 aromatic carbocycles. The van der Waals surface area contributed by atoms with Crippen LogP contribution in [0.4, 0.5) is 0 Å². The van der Waals surface area contributed by atoms with Crippen LogP contribution >= 0.6 is 0 Å². The van der Waals surface area contributed by atoms with E-state index in [0.29, 0.717) is 6.04 Å². The van der Waals surface area contributed by atoms with Crippen molar-refractivity contribution in [3.05, 3.63) is 30.1 Å². The maximum atomic E-state index is 4.05. The normalized spacial score (nSPS) is 13.8. The van der Waals surface area contributed by atoms with Crippen LogP contribution in [0.3, 0.4) is 0 Å². The summed E-state index contributed by atoms with van der Waals surface area (Å²) in [6.07, 6.45) is 8.27. The van der Waals surface area contributed by atoms with Crippen LogP contribution in [0.5, 0.6) is 0 Å². The molecule has 3 heteroatoms. The molecule has 0 radical (unpaired) electrons. The molecule has 1 aromatic heterocycles. The van der Waals surface area contributed by atoms with Gasteiger partial charge in [-0.05, 0) is 51.8 Å². The van der Waals surface area contributed by atoms with Crippen molar-refractivity contribution in [2.45, 2.75) is 45.6 Å². The third-order valence-electron chi connectivity index (χ3n) is 3.57. The van der Waals surface area contributed by atoms with Crippen LogP contribution in [-0.2, 0) is 6.42 Å². The molecule has 0 aliphatic heterocycles. The lowest BCUT2D eigenvalue weighted by atomic mass is 9.98. The number of aromatic nitrogens is 1. The highest BCUT2D eigenvalue weighted by molar-refractivity contribution is 5.01. The highest BCUT2D eigenvalue weighted by atomic mass is 14.9. The van der Waals surface area contributed by atoms with Crippen molar-refractivity contribution in [1.82, 2.24) is 15.6 Å². The minimum Gasteiger partial charge on any atom is -0.319 e. The summed E-state index contributed by atoms with van der Waals surface area (Å²) in [4.78, 5) is 4.05. The lowest BCUT2D eigenvalue weighted by Gasteiger charge is -2.18. The first-order chi connectivity index (χ1) is 9.26. The van der Waals surface area contributed by atoms with Crippen LogP contribution in [0.15, 0.2) is 12.4 Å². The molecule has 0 fully saturated rings. The molecule has 106 valence electrons. The van der Waals surface area contributed by atoms with Crippen molar-refractivity contribution in [1.29, 1.82) is 0 Å². The van der Waals surface area contributed by atoms with E-state index in [9.17, 15) is 0 Å². The molecule has 0 saturated heterocycles. The van der Waals surface area contributed by atoms with Gasteiger partial charge in [0.15, 0.2) is 0 Å². The van der Waals surface area contributed by atoms with Crippen molar-refractivity contribution in [3.8, 4) is 0 Å². The molecule has 0 bridgehead atoms. The fourth-order valence-corrected chi connectivity index (χ4v) is 2.23. The van der Waals surface area contributed by atoms with Crippen molar-refractivity contribution in [3.63, 3.8) is 0 Å². The summed E-state index contributed by atoms with van der Waals surface area (Å²) in [6, 6.07) is 6.55. The van der Waals surface area contributed by atoms with Gasteiger partial charge >= 0.3 is 0 Å². The van der Waals surface area contributed by atoms with Gasteiger partial charge in [0.1, 0.15) is 0 Å². The minimum absolute atomic E-state index is 0.576. The van der Waals surface area contributed by atoms with Crippen LogP contribution < -0.4 is 10.6 Å². The number of nitrogens with zero attached hydrogens (tertiary/aromatic N) is 1. The average molecular weight is 261 g/mol. The van der Waals surface area contributed by atoms with Gasteiger partial charge in [-0.3, -0.25) is 4.98 Å². The van der Waals surface area contributed by atoms with Gasteiger partial charge < -0.3 is 10.6 Å². The zero-order valence-corrected chi connectivity index (χ0v) is 12.5. The Bertz CT molecular complexity index is 313. The van der Waals surface area contributed by atoms with Crippen LogP contribution in [0, 0.1) is 18.1 Å². The van der Waals surface area contributed by atoms with E-state index in [1.807, 2.05) is 13.2 Å². The average Bonchev–Trinajstić information content (AvgIpc) is 2.44. The van der Waals surface area contributed by atoms with E-state index in [1.54, 1.807) is 6.20 Å². The maximum Gasteiger partial charge on any atom is 0.0770 e. The zero-order valence-electron chi connectivity index (χ0n) is 12.5. The second-order valence-electron chi connectivity index (χ2n) is 5.22. The minimum atomic E-state index is 0.576. The fourth-order valence-electron chi connectivity index (χ4n) is 2.23. The van der Waals surface area contributed by atoms with Crippen molar-refractivity contribution in [2.24, 2.45) is 5.92 Å². The summed E-state index contributed by atoms with van der Waals surface area (Å²) in [6.45, 7) is 6.66. The van der Waals surface area contributed by atoms with Gasteiger partial charge in [0.05, 0.1) is 6.20 Å². The number of hydrogen-bond donors (Lipinski definition) is 2. The molecule has 0 saturated carbocycles. The SMILES string of the molecule is CCC(CCC(C)NCCc1c#ccnc1)CNC. The molecular formula is C16H27N3. The van der Waals surface area contributed by atoms with Gasteiger partial charge in [-0.1, -0.05) is 19.4 Å². The maximum absolute atomic E-state index is 4.05. The number of nitrogens with one attached hydrogen (secondary N) is 2. The van der Waals surface area contributed by atoms with E-state index in [0.717, 1.165) is 31.0 Å². The Hall–Kier alpha value is -1.11. The molecule has 0 amide bonds. The summed E-state index contributed by atoms with van der Waals surface area (Å²) in [5.74, 6) is 0.801. The van der Waals surface area contributed by atoms with Gasteiger partial charge in [-0.2, -0.15) is 0 Å². The highest BCUT2D eigenvalue weighted by Crippen LogP contribution is 2.11. The lowest BCUT2D eigenvalue weighted by molar-refractivity contribution is 0.396. The molecule has 0 spiro atoms. The smallest absolute Gasteiger partial charge is 0.0770 e. The number of hydrogen-bond acceptors (Lipinski definition) is 3. The van der Waals surface area contributed by atoms with Crippen LogP contribution in [-0.4, -0.2) is 31.2 Å². The van der Waals surface area contributed by atoms with Gasteiger partial charge in [0.2, 0.25) is 0 Å². The first-order valence-corrected chi connectivity index (χ1v) is 7.36. The van der Waals surface area contributed by atoms with Crippen molar-refractivity contribution >= 4 is 0 Å². The lowest BCUT2D eigenvalue weighted by Crippen LogP contribution is -2.29. The monoisotopic (exact) mass is 261 g/mol. The molecule has 2 atom stereocenters. The Morgan fingerprint density at radius 3 is 2.84 bits per heavy atom. The zero-order chi connectivity index (χ0) is 13.9. The molecule has 2 unspecified atom stereocenters. The molecule has 3 nitrogen and oxygen atoms in total. The molecular weight excluding hydrogens is 234 g/mol. The van der Waals surface area contributed by atoms with Crippen LogP contribution in [0.2, 0.25) is 0 Å². The largest absolute Gasteiger partial charge is 0.319 e. The van der Waals surface area contributed by atoms with Gasteiger partial charge in [-0.25, -0.2) is 0 Å². The van der Waals surface area contributed by atoms with E-state index in [2.05, 4.69) is 41.6 Å². The molecule has 19 heavy (non-hydrogen) atoms. The fraction of sp³-hybridized carbons (Fsp3) is 0.688. The third kappa shape index (κ3) is 7.15. The van der Waals surface area contributed by atoms with Crippen LogP contribution in [0.1, 0.15) is 38.7 Å². The molecule has 1 heterocycles. The Balaban J connectivity index is 2.12. The molecule has 1 rings (SSSR count).